The highest BCUT2D eigenvalue weighted by Gasteiger charge is 2.28. The van der Waals surface area contributed by atoms with E-state index in [-0.39, 0.29) is 30.4 Å². The van der Waals surface area contributed by atoms with E-state index in [0.717, 1.165) is 25.7 Å². The number of aliphatic hydroxyl groups is 1. The Kier molecular flexibility index (Phi) is 6.65. The van der Waals surface area contributed by atoms with Crippen molar-refractivity contribution >= 4 is 5.91 Å². The topological polar surface area (TPSA) is 75.4 Å². The van der Waals surface area contributed by atoms with Crippen LogP contribution in [0.25, 0.3) is 0 Å². The molecule has 1 aliphatic rings. The molecule has 4 heteroatoms. The van der Waals surface area contributed by atoms with Gasteiger partial charge in [0.2, 0.25) is 5.91 Å². The van der Waals surface area contributed by atoms with Crippen molar-refractivity contribution in [3.63, 3.8) is 0 Å². The van der Waals surface area contributed by atoms with Crippen LogP contribution in [-0.4, -0.2) is 30.2 Å². The number of hydrogen-bond donors (Lipinski definition) is 3. The summed E-state index contributed by atoms with van der Waals surface area (Å²) in [5.74, 6) is 1.19. The average Bonchev–Trinajstić information content (AvgIpc) is 2.74. The van der Waals surface area contributed by atoms with Crippen molar-refractivity contribution in [1.29, 1.82) is 0 Å². The van der Waals surface area contributed by atoms with Crippen molar-refractivity contribution in [1.82, 2.24) is 5.32 Å². The van der Waals surface area contributed by atoms with Gasteiger partial charge in [0.1, 0.15) is 0 Å². The van der Waals surface area contributed by atoms with Gasteiger partial charge in [-0.25, -0.2) is 0 Å². The van der Waals surface area contributed by atoms with Gasteiger partial charge in [-0.2, -0.15) is 0 Å². The summed E-state index contributed by atoms with van der Waals surface area (Å²) in [5, 5.41) is 12.3. The van der Waals surface area contributed by atoms with Gasteiger partial charge in [-0.15, -0.1) is 0 Å². The van der Waals surface area contributed by atoms with Crippen molar-refractivity contribution < 1.29 is 9.90 Å². The molecule has 1 rings (SSSR count). The molecule has 0 aliphatic heterocycles. The summed E-state index contributed by atoms with van der Waals surface area (Å²) >= 11 is 0. The molecular weight excluding hydrogens is 228 g/mol. The summed E-state index contributed by atoms with van der Waals surface area (Å²) < 4.78 is 0. The van der Waals surface area contributed by atoms with E-state index in [9.17, 15) is 9.90 Å². The van der Waals surface area contributed by atoms with Gasteiger partial charge in [-0.3, -0.25) is 4.79 Å². The Morgan fingerprint density at radius 1 is 1.44 bits per heavy atom. The standard InChI is InChI=1S/C14H28N2O2/c1-10(2)6-11(8-15)7-14(18)16-13-5-3-4-12(13)9-17/h10-13,17H,3-9,15H2,1-2H3,(H,16,18). The average molecular weight is 256 g/mol. The van der Waals surface area contributed by atoms with Gasteiger partial charge >= 0.3 is 0 Å². The highest BCUT2D eigenvalue weighted by molar-refractivity contribution is 5.76. The van der Waals surface area contributed by atoms with Crippen molar-refractivity contribution in [2.24, 2.45) is 23.5 Å². The summed E-state index contributed by atoms with van der Waals surface area (Å²) in [6.07, 6.45) is 4.63. The Labute approximate surface area is 110 Å². The number of carbonyl (C=O) groups excluding carboxylic acids is 1. The first kappa shape index (κ1) is 15.4. The third-order valence-electron chi connectivity index (χ3n) is 3.85. The van der Waals surface area contributed by atoms with Crippen LogP contribution < -0.4 is 11.1 Å². The maximum atomic E-state index is 12.0. The highest BCUT2D eigenvalue weighted by atomic mass is 16.3. The van der Waals surface area contributed by atoms with E-state index in [1.165, 1.54) is 0 Å². The summed E-state index contributed by atoms with van der Waals surface area (Å²) in [6.45, 7) is 5.05. The molecule has 0 radical (unpaired) electrons. The molecule has 0 bridgehead atoms. The third-order valence-corrected chi connectivity index (χ3v) is 3.85. The van der Waals surface area contributed by atoms with Crippen LogP contribution in [0.5, 0.6) is 0 Å². The van der Waals surface area contributed by atoms with Crippen LogP contribution in [0.4, 0.5) is 0 Å². The molecule has 0 aromatic rings. The molecule has 1 amide bonds. The highest BCUT2D eigenvalue weighted by Crippen LogP contribution is 2.25. The van der Waals surface area contributed by atoms with E-state index >= 15 is 0 Å². The molecule has 18 heavy (non-hydrogen) atoms. The molecular formula is C14H28N2O2. The molecule has 106 valence electrons. The molecule has 3 atom stereocenters. The van der Waals surface area contributed by atoms with E-state index in [0.29, 0.717) is 18.9 Å². The predicted molar refractivity (Wildman–Crippen MR) is 73.0 cm³/mol. The van der Waals surface area contributed by atoms with E-state index in [1.54, 1.807) is 0 Å². The monoisotopic (exact) mass is 256 g/mol. The van der Waals surface area contributed by atoms with E-state index in [2.05, 4.69) is 19.2 Å². The first-order valence-electron chi connectivity index (χ1n) is 7.17. The molecule has 1 fully saturated rings. The predicted octanol–water partition coefficient (Wildman–Crippen LogP) is 1.27. The van der Waals surface area contributed by atoms with E-state index in [1.807, 2.05) is 0 Å². The fourth-order valence-electron chi connectivity index (χ4n) is 2.90. The zero-order valence-corrected chi connectivity index (χ0v) is 11.7. The molecule has 0 saturated heterocycles. The SMILES string of the molecule is CC(C)CC(CN)CC(=O)NC1CCCC1CO. The van der Waals surface area contributed by atoms with Crippen LogP contribution in [0.15, 0.2) is 0 Å². The second-order valence-electron chi connectivity index (χ2n) is 5.98. The Morgan fingerprint density at radius 2 is 2.17 bits per heavy atom. The van der Waals surface area contributed by atoms with Crippen molar-refractivity contribution in [2.45, 2.75) is 52.0 Å². The molecule has 4 N–H and O–H groups in total. The van der Waals surface area contributed by atoms with Crippen LogP contribution >= 0.6 is 0 Å². The zero-order valence-electron chi connectivity index (χ0n) is 11.7. The van der Waals surface area contributed by atoms with Gasteiger partial charge in [-0.1, -0.05) is 20.3 Å². The van der Waals surface area contributed by atoms with Crippen LogP contribution in [-0.2, 0) is 4.79 Å². The third kappa shape index (κ3) is 4.94. The maximum absolute atomic E-state index is 12.0. The lowest BCUT2D eigenvalue weighted by atomic mass is 9.93. The summed E-state index contributed by atoms with van der Waals surface area (Å²) in [4.78, 5) is 12.0. The Morgan fingerprint density at radius 3 is 2.72 bits per heavy atom. The van der Waals surface area contributed by atoms with Crippen molar-refractivity contribution in [2.75, 3.05) is 13.2 Å². The molecule has 3 unspecified atom stereocenters. The number of carbonyl (C=O) groups is 1. The van der Waals surface area contributed by atoms with Gasteiger partial charge in [0.15, 0.2) is 0 Å². The number of aliphatic hydroxyl groups excluding tert-OH is 1. The second-order valence-corrected chi connectivity index (χ2v) is 5.98. The van der Waals surface area contributed by atoms with Gasteiger partial charge in [0.05, 0.1) is 0 Å². The molecule has 4 nitrogen and oxygen atoms in total. The second kappa shape index (κ2) is 7.74. The fourth-order valence-corrected chi connectivity index (χ4v) is 2.90. The van der Waals surface area contributed by atoms with Crippen molar-refractivity contribution in [3.8, 4) is 0 Å². The minimum atomic E-state index is 0.0939. The quantitative estimate of drug-likeness (QED) is 0.642. The maximum Gasteiger partial charge on any atom is 0.220 e. The normalized spacial score (nSPS) is 25.4. The zero-order chi connectivity index (χ0) is 13.5. The fraction of sp³-hybridized carbons (Fsp3) is 0.929. The summed E-state index contributed by atoms with van der Waals surface area (Å²) in [7, 11) is 0. The summed E-state index contributed by atoms with van der Waals surface area (Å²) in [5.41, 5.74) is 5.71. The van der Waals surface area contributed by atoms with Crippen LogP contribution in [0.2, 0.25) is 0 Å². The lowest BCUT2D eigenvalue weighted by molar-refractivity contribution is -0.123. The van der Waals surface area contributed by atoms with E-state index in [4.69, 9.17) is 5.73 Å². The Bertz CT molecular complexity index is 256. The first-order chi connectivity index (χ1) is 8.56. The smallest absolute Gasteiger partial charge is 0.220 e. The van der Waals surface area contributed by atoms with Crippen LogP contribution in [0.3, 0.4) is 0 Å². The first-order valence-corrected chi connectivity index (χ1v) is 7.17. The molecule has 0 spiro atoms. The van der Waals surface area contributed by atoms with Crippen LogP contribution in [0.1, 0.15) is 46.0 Å². The minimum absolute atomic E-state index is 0.0939. The largest absolute Gasteiger partial charge is 0.396 e. The van der Waals surface area contributed by atoms with Crippen molar-refractivity contribution in [3.05, 3.63) is 0 Å². The molecule has 0 aromatic heterocycles. The number of amides is 1. The Hall–Kier alpha value is -0.610. The number of rotatable bonds is 7. The Balaban J connectivity index is 2.35. The lowest BCUT2D eigenvalue weighted by Crippen LogP contribution is -2.39. The number of nitrogens with one attached hydrogen (secondary N) is 1. The summed E-state index contributed by atoms with van der Waals surface area (Å²) in [6, 6.07) is 0.167. The van der Waals surface area contributed by atoms with Gasteiger partial charge in [0, 0.05) is 25.0 Å². The van der Waals surface area contributed by atoms with E-state index < -0.39 is 0 Å². The molecule has 1 saturated carbocycles. The van der Waals surface area contributed by atoms with Gasteiger partial charge < -0.3 is 16.2 Å². The lowest BCUT2D eigenvalue weighted by Gasteiger charge is -2.21. The molecule has 0 heterocycles. The number of nitrogens with two attached hydrogens (primary N) is 1. The molecule has 0 aromatic carbocycles. The number of hydrogen-bond acceptors (Lipinski definition) is 3. The van der Waals surface area contributed by atoms with Crippen LogP contribution in [0, 0.1) is 17.8 Å². The van der Waals surface area contributed by atoms with Gasteiger partial charge in [0.25, 0.3) is 0 Å². The van der Waals surface area contributed by atoms with Gasteiger partial charge in [-0.05, 0) is 37.6 Å². The molecule has 1 aliphatic carbocycles. The minimum Gasteiger partial charge on any atom is -0.396 e.